The highest BCUT2D eigenvalue weighted by atomic mass is 16.1. The van der Waals surface area contributed by atoms with Crippen LogP contribution in [0.5, 0.6) is 0 Å². The standard InChI is InChI=1S/C8H14N2O/c11-8-2-1-6-3-4-9-5-7(6)10-8/h6-7,9H,1-5H2,(H,10,11)/t6-,7+/m0/s1. The van der Waals surface area contributed by atoms with Crippen molar-refractivity contribution in [2.24, 2.45) is 5.92 Å². The Kier molecular flexibility index (Phi) is 1.82. The first-order valence-electron chi connectivity index (χ1n) is 4.36. The van der Waals surface area contributed by atoms with Crippen LogP contribution in [0.3, 0.4) is 0 Å². The molecule has 0 saturated carbocycles. The van der Waals surface area contributed by atoms with Gasteiger partial charge in [0.1, 0.15) is 0 Å². The van der Waals surface area contributed by atoms with Crippen molar-refractivity contribution >= 4 is 5.91 Å². The summed E-state index contributed by atoms with van der Waals surface area (Å²) in [7, 11) is 0. The molecule has 0 bridgehead atoms. The maximum absolute atomic E-state index is 11.0. The molecule has 0 radical (unpaired) electrons. The number of hydrogen-bond donors (Lipinski definition) is 2. The number of fused-ring (bicyclic) bond motifs is 1. The van der Waals surface area contributed by atoms with Crippen LogP contribution in [-0.2, 0) is 4.79 Å². The molecule has 0 spiro atoms. The summed E-state index contributed by atoms with van der Waals surface area (Å²) in [5, 5.41) is 6.31. The molecule has 0 unspecified atom stereocenters. The minimum atomic E-state index is 0.231. The van der Waals surface area contributed by atoms with Crippen LogP contribution in [0.1, 0.15) is 19.3 Å². The summed E-state index contributed by atoms with van der Waals surface area (Å²) in [5.41, 5.74) is 0. The van der Waals surface area contributed by atoms with Gasteiger partial charge in [-0.3, -0.25) is 4.79 Å². The number of carbonyl (C=O) groups is 1. The lowest BCUT2D eigenvalue weighted by Crippen LogP contribution is -2.53. The third-order valence-corrected chi connectivity index (χ3v) is 2.71. The fourth-order valence-corrected chi connectivity index (χ4v) is 2.02. The van der Waals surface area contributed by atoms with Crippen LogP contribution in [0.15, 0.2) is 0 Å². The average molecular weight is 154 g/mol. The van der Waals surface area contributed by atoms with Gasteiger partial charge in [0.25, 0.3) is 0 Å². The van der Waals surface area contributed by atoms with Crippen LogP contribution in [0, 0.1) is 5.92 Å². The van der Waals surface area contributed by atoms with E-state index >= 15 is 0 Å². The summed E-state index contributed by atoms with van der Waals surface area (Å²) in [4.78, 5) is 11.0. The Morgan fingerprint density at radius 3 is 3.18 bits per heavy atom. The Labute approximate surface area is 66.5 Å². The Morgan fingerprint density at radius 1 is 1.36 bits per heavy atom. The van der Waals surface area contributed by atoms with Gasteiger partial charge < -0.3 is 10.6 Å². The first-order chi connectivity index (χ1) is 5.36. The van der Waals surface area contributed by atoms with E-state index in [9.17, 15) is 4.79 Å². The van der Waals surface area contributed by atoms with Crippen molar-refractivity contribution in [1.29, 1.82) is 0 Å². The van der Waals surface area contributed by atoms with E-state index in [1.54, 1.807) is 0 Å². The van der Waals surface area contributed by atoms with Crippen LogP contribution >= 0.6 is 0 Å². The van der Waals surface area contributed by atoms with Crippen LogP contribution in [-0.4, -0.2) is 25.0 Å². The van der Waals surface area contributed by atoms with E-state index < -0.39 is 0 Å². The lowest BCUT2D eigenvalue weighted by molar-refractivity contribution is -0.124. The van der Waals surface area contributed by atoms with Crippen molar-refractivity contribution in [3.8, 4) is 0 Å². The second kappa shape index (κ2) is 2.81. The fourth-order valence-electron chi connectivity index (χ4n) is 2.02. The SMILES string of the molecule is O=C1CC[C@H]2CCNC[C@H]2N1. The molecular formula is C8H14N2O. The topological polar surface area (TPSA) is 41.1 Å². The van der Waals surface area contributed by atoms with E-state index in [1.807, 2.05) is 0 Å². The summed E-state index contributed by atoms with van der Waals surface area (Å²) < 4.78 is 0. The van der Waals surface area contributed by atoms with Crippen LogP contribution in [0.4, 0.5) is 0 Å². The normalized spacial score (nSPS) is 37.6. The van der Waals surface area contributed by atoms with E-state index in [-0.39, 0.29) is 5.91 Å². The van der Waals surface area contributed by atoms with Gasteiger partial charge >= 0.3 is 0 Å². The van der Waals surface area contributed by atoms with Crippen LogP contribution < -0.4 is 10.6 Å². The highest BCUT2D eigenvalue weighted by Crippen LogP contribution is 2.22. The largest absolute Gasteiger partial charge is 0.352 e. The van der Waals surface area contributed by atoms with Crippen molar-refractivity contribution in [3.05, 3.63) is 0 Å². The smallest absolute Gasteiger partial charge is 0.220 e. The minimum Gasteiger partial charge on any atom is -0.352 e. The van der Waals surface area contributed by atoms with Gasteiger partial charge in [-0.1, -0.05) is 0 Å². The predicted octanol–water partition coefficient (Wildman–Crippen LogP) is -0.126. The summed E-state index contributed by atoms with van der Waals surface area (Å²) in [6, 6.07) is 0.421. The van der Waals surface area contributed by atoms with Gasteiger partial charge in [-0.15, -0.1) is 0 Å². The molecule has 2 aliphatic heterocycles. The van der Waals surface area contributed by atoms with Gasteiger partial charge in [0.15, 0.2) is 0 Å². The quantitative estimate of drug-likeness (QED) is 0.510. The van der Waals surface area contributed by atoms with Crippen molar-refractivity contribution in [2.75, 3.05) is 13.1 Å². The van der Waals surface area contributed by atoms with Gasteiger partial charge in [0, 0.05) is 19.0 Å². The minimum absolute atomic E-state index is 0.231. The van der Waals surface area contributed by atoms with Gasteiger partial charge in [0.05, 0.1) is 0 Å². The molecule has 2 N–H and O–H groups in total. The third kappa shape index (κ3) is 1.38. The molecule has 62 valence electrons. The second-order valence-corrected chi connectivity index (χ2v) is 3.47. The molecule has 11 heavy (non-hydrogen) atoms. The van der Waals surface area contributed by atoms with Gasteiger partial charge in [-0.05, 0) is 25.3 Å². The molecule has 0 aromatic rings. The lowest BCUT2D eigenvalue weighted by atomic mass is 9.85. The highest BCUT2D eigenvalue weighted by Gasteiger charge is 2.30. The Balaban J connectivity index is 1.98. The van der Waals surface area contributed by atoms with E-state index in [0.717, 1.165) is 31.8 Å². The summed E-state index contributed by atoms with van der Waals surface area (Å²) in [5.74, 6) is 0.976. The summed E-state index contributed by atoms with van der Waals surface area (Å²) >= 11 is 0. The number of piperidine rings is 2. The van der Waals surface area contributed by atoms with Gasteiger partial charge in [-0.2, -0.15) is 0 Å². The molecule has 3 nitrogen and oxygen atoms in total. The maximum atomic E-state index is 11.0. The Hall–Kier alpha value is -0.570. The highest BCUT2D eigenvalue weighted by molar-refractivity contribution is 5.77. The first-order valence-corrected chi connectivity index (χ1v) is 4.36. The van der Waals surface area contributed by atoms with E-state index in [4.69, 9.17) is 0 Å². The molecule has 2 atom stereocenters. The van der Waals surface area contributed by atoms with E-state index in [1.165, 1.54) is 6.42 Å². The lowest BCUT2D eigenvalue weighted by Gasteiger charge is -2.36. The number of carbonyl (C=O) groups excluding carboxylic acids is 1. The van der Waals surface area contributed by atoms with Gasteiger partial charge in [0.2, 0.25) is 5.91 Å². The van der Waals surface area contributed by atoms with Gasteiger partial charge in [-0.25, -0.2) is 0 Å². The first kappa shape index (κ1) is 7.10. The summed E-state index contributed by atoms with van der Waals surface area (Å²) in [6.45, 7) is 2.09. The predicted molar refractivity (Wildman–Crippen MR) is 42.1 cm³/mol. The molecule has 2 saturated heterocycles. The maximum Gasteiger partial charge on any atom is 0.220 e. The van der Waals surface area contributed by atoms with E-state index in [2.05, 4.69) is 10.6 Å². The fraction of sp³-hybridized carbons (Fsp3) is 0.875. The zero-order valence-corrected chi connectivity index (χ0v) is 6.60. The number of nitrogens with one attached hydrogen (secondary N) is 2. The average Bonchev–Trinajstić information content (AvgIpc) is 2.04. The number of amides is 1. The summed E-state index contributed by atoms with van der Waals surface area (Å²) in [6.07, 6.45) is 3.06. The second-order valence-electron chi connectivity index (χ2n) is 3.47. The van der Waals surface area contributed by atoms with Crippen LogP contribution in [0.2, 0.25) is 0 Å². The Morgan fingerprint density at radius 2 is 2.27 bits per heavy atom. The molecule has 2 rings (SSSR count). The third-order valence-electron chi connectivity index (χ3n) is 2.71. The molecule has 0 aliphatic carbocycles. The molecule has 2 aliphatic rings. The molecule has 0 aromatic heterocycles. The van der Waals surface area contributed by atoms with Crippen molar-refractivity contribution in [1.82, 2.24) is 10.6 Å². The molecule has 3 heteroatoms. The molecular weight excluding hydrogens is 140 g/mol. The number of hydrogen-bond acceptors (Lipinski definition) is 2. The number of rotatable bonds is 0. The monoisotopic (exact) mass is 154 g/mol. The zero-order valence-electron chi connectivity index (χ0n) is 6.60. The zero-order chi connectivity index (χ0) is 7.68. The molecule has 2 heterocycles. The van der Waals surface area contributed by atoms with E-state index in [0.29, 0.717) is 6.04 Å². The molecule has 1 amide bonds. The van der Waals surface area contributed by atoms with Crippen LogP contribution in [0.25, 0.3) is 0 Å². The Bertz CT molecular complexity index is 169. The van der Waals surface area contributed by atoms with Crippen molar-refractivity contribution in [2.45, 2.75) is 25.3 Å². The van der Waals surface area contributed by atoms with Crippen molar-refractivity contribution in [3.63, 3.8) is 0 Å². The molecule has 0 aromatic carbocycles. The van der Waals surface area contributed by atoms with Crippen molar-refractivity contribution < 1.29 is 4.79 Å². The molecule has 2 fully saturated rings.